The van der Waals surface area contributed by atoms with Crippen LogP contribution in [0.25, 0.3) is 10.9 Å². The van der Waals surface area contributed by atoms with Gasteiger partial charge in [0.2, 0.25) is 0 Å². The summed E-state index contributed by atoms with van der Waals surface area (Å²) >= 11 is 0. The number of phenolic OH excluding ortho intramolecular Hbond substituents is 1. The molecule has 9 heteroatoms. The summed E-state index contributed by atoms with van der Waals surface area (Å²) in [7, 11) is 1.40. The van der Waals surface area contributed by atoms with Crippen LogP contribution in [0.5, 0.6) is 11.5 Å². The number of urea groups is 1. The van der Waals surface area contributed by atoms with Gasteiger partial charge in [-0.05, 0) is 36.2 Å². The molecule has 3 aromatic rings. The number of phenols is 1. The van der Waals surface area contributed by atoms with E-state index in [9.17, 15) is 19.1 Å². The first-order valence-corrected chi connectivity index (χ1v) is 11.4. The summed E-state index contributed by atoms with van der Waals surface area (Å²) in [6, 6.07) is 8.53. The SMILES string of the molecule is C=CCNCCN1C(=O)N2C(c3cccc(O)c3)c3[nH]c4cc(F)c(OC)cc4c3CC2(C)C1=O. The number of halogens is 1. The number of imide groups is 1. The zero-order valence-corrected chi connectivity index (χ0v) is 19.6. The Morgan fingerprint density at radius 2 is 2.14 bits per heavy atom. The number of hydrogen-bond acceptors (Lipinski definition) is 5. The van der Waals surface area contributed by atoms with Crippen LogP contribution in [0.3, 0.4) is 0 Å². The first-order chi connectivity index (χ1) is 16.8. The van der Waals surface area contributed by atoms with Crippen molar-refractivity contribution in [2.45, 2.75) is 24.9 Å². The molecule has 2 aliphatic heterocycles. The third kappa shape index (κ3) is 3.46. The maximum absolute atomic E-state index is 14.5. The zero-order chi connectivity index (χ0) is 24.9. The number of carbonyl (C=O) groups excluding carboxylic acids is 2. The standard InChI is InChI=1S/C26H27FN4O4/c1-4-8-28-9-10-30-24(33)26(2)14-18-17-12-21(35-3)19(27)13-20(17)29-22(18)23(31(26)25(30)34)15-6-5-7-16(32)11-15/h4-7,11-13,23,28-29,32H,1,8-10,14H2,2-3H3. The number of carbonyl (C=O) groups is 2. The van der Waals surface area contributed by atoms with Gasteiger partial charge in [-0.15, -0.1) is 6.58 Å². The van der Waals surface area contributed by atoms with Crippen LogP contribution in [0, 0.1) is 5.82 Å². The average Bonchev–Trinajstić information content (AvgIpc) is 3.26. The van der Waals surface area contributed by atoms with Gasteiger partial charge in [-0.3, -0.25) is 14.6 Å². The molecule has 0 saturated carbocycles. The number of aromatic nitrogens is 1. The van der Waals surface area contributed by atoms with Crippen LogP contribution in [-0.2, 0) is 11.2 Å². The van der Waals surface area contributed by atoms with E-state index in [1.807, 2.05) is 0 Å². The Labute approximate surface area is 202 Å². The normalized spacial score (nSPS) is 21.4. The molecule has 0 spiro atoms. The van der Waals surface area contributed by atoms with E-state index in [-0.39, 0.29) is 30.4 Å². The van der Waals surface area contributed by atoms with E-state index in [1.165, 1.54) is 18.1 Å². The predicted molar refractivity (Wildman–Crippen MR) is 129 cm³/mol. The van der Waals surface area contributed by atoms with Crippen molar-refractivity contribution >= 4 is 22.8 Å². The maximum Gasteiger partial charge on any atom is 0.328 e. The number of amides is 3. The second-order valence-electron chi connectivity index (χ2n) is 9.10. The minimum atomic E-state index is -1.16. The largest absolute Gasteiger partial charge is 0.508 e. The second-order valence-corrected chi connectivity index (χ2v) is 9.10. The van der Waals surface area contributed by atoms with Crippen molar-refractivity contribution < 1.29 is 23.8 Å². The number of methoxy groups -OCH3 is 1. The summed E-state index contributed by atoms with van der Waals surface area (Å²) in [5.74, 6) is -0.653. The molecule has 2 unspecified atom stereocenters. The van der Waals surface area contributed by atoms with Crippen molar-refractivity contribution in [3.8, 4) is 11.5 Å². The summed E-state index contributed by atoms with van der Waals surface area (Å²) in [4.78, 5) is 33.5. The minimum Gasteiger partial charge on any atom is -0.508 e. The number of aromatic hydroxyl groups is 1. The smallest absolute Gasteiger partial charge is 0.328 e. The van der Waals surface area contributed by atoms with Gasteiger partial charge in [-0.1, -0.05) is 18.2 Å². The van der Waals surface area contributed by atoms with E-state index >= 15 is 0 Å². The molecular weight excluding hydrogens is 451 g/mol. The fourth-order valence-corrected chi connectivity index (χ4v) is 5.31. The number of aromatic amines is 1. The van der Waals surface area contributed by atoms with E-state index in [0.717, 1.165) is 10.9 Å². The van der Waals surface area contributed by atoms with Gasteiger partial charge >= 0.3 is 6.03 Å². The lowest BCUT2D eigenvalue weighted by atomic mass is 9.81. The van der Waals surface area contributed by atoms with Crippen LogP contribution in [0.15, 0.2) is 49.1 Å². The van der Waals surface area contributed by atoms with Gasteiger partial charge in [0.15, 0.2) is 11.6 Å². The summed E-state index contributed by atoms with van der Waals surface area (Å²) in [6.07, 6.45) is 1.97. The van der Waals surface area contributed by atoms with Crippen molar-refractivity contribution in [3.63, 3.8) is 0 Å². The van der Waals surface area contributed by atoms with Crippen LogP contribution in [-0.4, -0.2) is 64.1 Å². The number of hydrogen-bond donors (Lipinski definition) is 3. The molecule has 2 aliphatic rings. The highest BCUT2D eigenvalue weighted by molar-refractivity contribution is 6.08. The first-order valence-electron chi connectivity index (χ1n) is 11.4. The molecule has 1 fully saturated rings. The molecule has 3 N–H and O–H groups in total. The lowest BCUT2D eigenvalue weighted by Gasteiger charge is -2.42. The average molecular weight is 479 g/mol. The molecule has 2 atom stereocenters. The Bertz CT molecular complexity index is 1350. The monoisotopic (exact) mass is 478 g/mol. The highest BCUT2D eigenvalue weighted by Gasteiger charge is 2.60. The van der Waals surface area contributed by atoms with E-state index in [0.29, 0.717) is 29.9 Å². The van der Waals surface area contributed by atoms with Crippen molar-refractivity contribution in [2.75, 3.05) is 26.7 Å². The van der Waals surface area contributed by atoms with Gasteiger partial charge in [-0.25, -0.2) is 9.18 Å². The number of nitrogens with zero attached hydrogens (tertiary/aromatic N) is 2. The Morgan fingerprint density at radius 3 is 2.86 bits per heavy atom. The molecule has 1 saturated heterocycles. The molecule has 1 aromatic heterocycles. The fourth-order valence-electron chi connectivity index (χ4n) is 5.31. The third-order valence-electron chi connectivity index (χ3n) is 6.93. The van der Waals surface area contributed by atoms with Crippen LogP contribution in [0.2, 0.25) is 0 Å². The number of fused-ring (bicyclic) bond motifs is 4. The van der Waals surface area contributed by atoms with E-state index in [4.69, 9.17) is 4.74 Å². The van der Waals surface area contributed by atoms with Crippen molar-refractivity contribution in [2.24, 2.45) is 0 Å². The minimum absolute atomic E-state index is 0.0450. The summed E-state index contributed by atoms with van der Waals surface area (Å²) in [5.41, 5.74) is 1.54. The molecule has 182 valence electrons. The van der Waals surface area contributed by atoms with E-state index in [1.54, 1.807) is 48.2 Å². The first kappa shape index (κ1) is 22.9. The third-order valence-corrected chi connectivity index (χ3v) is 6.93. The summed E-state index contributed by atoms with van der Waals surface area (Å²) in [5, 5.41) is 14.1. The highest BCUT2D eigenvalue weighted by atomic mass is 19.1. The number of ether oxygens (including phenoxy) is 1. The Hall–Kier alpha value is -3.85. The number of rotatable bonds is 7. The Balaban J connectivity index is 1.67. The molecule has 0 bridgehead atoms. The van der Waals surface area contributed by atoms with Gasteiger partial charge in [0.25, 0.3) is 5.91 Å². The lowest BCUT2D eigenvalue weighted by Crippen LogP contribution is -2.53. The maximum atomic E-state index is 14.5. The highest BCUT2D eigenvalue weighted by Crippen LogP contribution is 2.49. The van der Waals surface area contributed by atoms with Gasteiger partial charge in [-0.2, -0.15) is 0 Å². The zero-order valence-electron chi connectivity index (χ0n) is 19.6. The van der Waals surface area contributed by atoms with Crippen LogP contribution < -0.4 is 10.1 Å². The Kier molecular flexibility index (Phi) is 5.52. The quantitative estimate of drug-likeness (QED) is 0.275. The van der Waals surface area contributed by atoms with Gasteiger partial charge in [0, 0.05) is 48.7 Å². The molecule has 0 radical (unpaired) electrons. The van der Waals surface area contributed by atoms with Crippen LogP contribution in [0.1, 0.15) is 29.8 Å². The summed E-state index contributed by atoms with van der Waals surface area (Å²) in [6.45, 7) is 6.66. The number of nitrogens with one attached hydrogen (secondary N) is 2. The summed E-state index contributed by atoms with van der Waals surface area (Å²) < 4.78 is 19.7. The van der Waals surface area contributed by atoms with E-state index in [2.05, 4.69) is 16.9 Å². The molecule has 5 rings (SSSR count). The van der Waals surface area contributed by atoms with Gasteiger partial charge in [0.1, 0.15) is 17.3 Å². The lowest BCUT2D eigenvalue weighted by molar-refractivity contribution is -0.133. The molecule has 35 heavy (non-hydrogen) atoms. The molecule has 2 aromatic carbocycles. The molecule has 3 amide bonds. The topological polar surface area (TPSA) is 97.9 Å². The Morgan fingerprint density at radius 1 is 1.34 bits per heavy atom. The molecule has 0 aliphatic carbocycles. The van der Waals surface area contributed by atoms with Gasteiger partial charge in [0.05, 0.1) is 7.11 Å². The second kappa shape index (κ2) is 8.42. The predicted octanol–water partition coefficient (Wildman–Crippen LogP) is 3.47. The van der Waals surface area contributed by atoms with Crippen molar-refractivity contribution in [3.05, 3.63) is 71.7 Å². The molecule has 8 nitrogen and oxygen atoms in total. The fraction of sp³-hybridized carbons (Fsp3) is 0.308. The number of benzene rings is 2. The molecule has 3 heterocycles. The van der Waals surface area contributed by atoms with Crippen molar-refractivity contribution in [1.29, 1.82) is 0 Å². The number of H-pyrrole nitrogens is 1. The van der Waals surface area contributed by atoms with Crippen LogP contribution in [0.4, 0.5) is 9.18 Å². The van der Waals surface area contributed by atoms with Crippen molar-refractivity contribution in [1.82, 2.24) is 20.1 Å². The van der Waals surface area contributed by atoms with E-state index < -0.39 is 23.4 Å². The van der Waals surface area contributed by atoms with Crippen LogP contribution >= 0.6 is 0 Å². The molecular formula is C26H27FN4O4. The van der Waals surface area contributed by atoms with Gasteiger partial charge < -0.3 is 20.1 Å².